The van der Waals surface area contributed by atoms with Crippen LogP contribution in [0.1, 0.15) is 17.5 Å². The summed E-state index contributed by atoms with van der Waals surface area (Å²) in [6.07, 6.45) is 1.14. The van der Waals surface area contributed by atoms with Crippen LogP contribution in [0.25, 0.3) is 0 Å². The zero-order valence-electron chi connectivity index (χ0n) is 8.99. The van der Waals surface area contributed by atoms with Crippen LogP contribution in [0.5, 0.6) is 0 Å². The summed E-state index contributed by atoms with van der Waals surface area (Å²) in [5.41, 5.74) is 2.61. The first-order valence-corrected chi connectivity index (χ1v) is 5.17. The second-order valence-electron chi connectivity index (χ2n) is 3.57. The Balaban J connectivity index is 2.21. The van der Waals surface area contributed by atoms with Crippen molar-refractivity contribution in [2.24, 2.45) is 0 Å². The van der Waals surface area contributed by atoms with E-state index in [-0.39, 0.29) is 6.42 Å². The van der Waals surface area contributed by atoms with Crippen LogP contribution in [0.4, 0.5) is 0 Å². The van der Waals surface area contributed by atoms with Crippen LogP contribution >= 0.6 is 0 Å². The van der Waals surface area contributed by atoms with Gasteiger partial charge in [0.05, 0.1) is 6.42 Å². The smallest absolute Gasteiger partial charge is 0.304 e. The van der Waals surface area contributed by atoms with E-state index in [1.807, 2.05) is 12.1 Å². The fraction of sp³-hybridized carbons (Fsp3) is 0.417. The summed E-state index contributed by atoms with van der Waals surface area (Å²) in [5, 5.41) is 11.5. The third-order valence-electron chi connectivity index (χ3n) is 2.35. The first-order valence-electron chi connectivity index (χ1n) is 5.17. The molecule has 15 heavy (non-hydrogen) atoms. The number of aliphatic carboxylic acids is 1. The van der Waals surface area contributed by atoms with Crippen LogP contribution in [0.15, 0.2) is 24.3 Å². The van der Waals surface area contributed by atoms with E-state index in [0.717, 1.165) is 13.0 Å². The number of benzene rings is 1. The second kappa shape index (κ2) is 6.19. The minimum atomic E-state index is -0.751. The molecule has 3 heteroatoms. The Morgan fingerprint density at radius 3 is 2.73 bits per heavy atom. The van der Waals surface area contributed by atoms with Crippen LogP contribution in [0, 0.1) is 6.92 Å². The fourth-order valence-electron chi connectivity index (χ4n) is 1.43. The average Bonchev–Trinajstić information content (AvgIpc) is 2.20. The summed E-state index contributed by atoms with van der Waals surface area (Å²) in [6, 6.07) is 8.25. The van der Waals surface area contributed by atoms with Gasteiger partial charge < -0.3 is 10.4 Å². The van der Waals surface area contributed by atoms with Gasteiger partial charge in [-0.1, -0.05) is 24.3 Å². The number of carboxylic acid groups (broad SMARTS) is 1. The summed E-state index contributed by atoms with van der Waals surface area (Å²) in [6.45, 7) is 3.46. The third-order valence-corrected chi connectivity index (χ3v) is 2.35. The molecule has 0 aromatic heterocycles. The van der Waals surface area contributed by atoms with Gasteiger partial charge >= 0.3 is 5.97 Å². The Morgan fingerprint density at radius 2 is 2.07 bits per heavy atom. The molecular weight excluding hydrogens is 190 g/mol. The number of rotatable bonds is 6. The van der Waals surface area contributed by atoms with Gasteiger partial charge in [0.2, 0.25) is 0 Å². The van der Waals surface area contributed by atoms with Crippen molar-refractivity contribution >= 4 is 5.97 Å². The van der Waals surface area contributed by atoms with E-state index >= 15 is 0 Å². The van der Waals surface area contributed by atoms with Crippen molar-refractivity contribution in [2.45, 2.75) is 19.8 Å². The summed E-state index contributed by atoms with van der Waals surface area (Å²) >= 11 is 0. The lowest BCUT2D eigenvalue weighted by atomic mass is 10.1. The molecule has 0 aliphatic carbocycles. The Labute approximate surface area is 90.1 Å². The fourth-order valence-corrected chi connectivity index (χ4v) is 1.43. The van der Waals surface area contributed by atoms with E-state index in [1.165, 1.54) is 11.1 Å². The molecule has 2 N–H and O–H groups in total. The predicted octanol–water partition coefficient (Wildman–Crippen LogP) is 1.60. The molecule has 0 fully saturated rings. The van der Waals surface area contributed by atoms with E-state index in [0.29, 0.717) is 6.54 Å². The van der Waals surface area contributed by atoms with Gasteiger partial charge in [-0.25, -0.2) is 0 Å². The summed E-state index contributed by atoms with van der Waals surface area (Å²) < 4.78 is 0. The van der Waals surface area contributed by atoms with Crippen molar-refractivity contribution < 1.29 is 9.90 Å². The Bertz CT molecular complexity index is 323. The highest BCUT2D eigenvalue weighted by Crippen LogP contribution is 2.06. The summed E-state index contributed by atoms with van der Waals surface area (Å²) in [5.74, 6) is -0.751. The van der Waals surface area contributed by atoms with Crippen molar-refractivity contribution in [3.05, 3.63) is 35.4 Å². The first kappa shape index (κ1) is 11.7. The molecule has 1 aromatic rings. The van der Waals surface area contributed by atoms with Crippen LogP contribution in [-0.4, -0.2) is 24.2 Å². The molecule has 0 unspecified atom stereocenters. The molecule has 0 amide bonds. The Kier molecular flexibility index (Phi) is 4.84. The third kappa shape index (κ3) is 4.61. The molecule has 1 rings (SSSR count). The molecule has 0 saturated carbocycles. The zero-order valence-corrected chi connectivity index (χ0v) is 8.99. The van der Waals surface area contributed by atoms with E-state index < -0.39 is 5.97 Å². The number of hydrogen-bond donors (Lipinski definition) is 2. The van der Waals surface area contributed by atoms with Gasteiger partial charge in [-0.15, -0.1) is 0 Å². The van der Waals surface area contributed by atoms with E-state index in [4.69, 9.17) is 5.11 Å². The lowest BCUT2D eigenvalue weighted by Gasteiger charge is -2.05. The Morgan fingerprint density at radius 1 is 1.33 bits per heavy atom. The van der Waals surface area contributed by atoms with Crippen LogP contribution in [0.2, 0.25) is 0 Å². The molecule has 0 bridgehead atoms. The molecule has 0 saturated heterocycles. The maximum Gasteiger partial charge on any atom is 0.304 e. The summed E-state index contributed by atoms with van der Waals surface area (Å²) in [4.78, 5) is 10.2. The average molecular weight is 207 g/mol. The van der Waals surface area contributed by atoms with Crippen LogP contribution < -0.4 is 5.32 Å². The second-order valence-corrected chi connectivity index (χ2v) is 3.57. The molecule has 0 spiro atoms. The molecule has 0 radical (unpaired) electrons. The molecule has 0 heterocycles. The monoisotopic (exact) mass is 207 g/mol. The summed E-state index contributed by atoms with van der Waals surface area (Å²) in [7, 11) is 0. The maximum absolute atomic E-state index is 10.2. The SMILES string of the molecule is Cc1ccccc1CCNCCC(=O)O. The van der Waals surface area contributed by atoms with Gasteiger partial charge in [-0.05, 0) is 31.0 Å². The zero-order chi connectivity index (χ0) is 11.1. The lowest BCUT2D eigenvalue weighted by Crippen LogP contribution is -2.20. The first-order chi connectivity index (χ1) is 7.20. The van der Waals surface area contributed by atoms with Crippen molar-refractivity contribution in [1.29, 1.82) is 0 Å². The molecule has 0 atom stereocenters. The van der Waals surface area contributed by atoms with Gasteiger partial charge in [0.15, 0.2) is 0 Å². The lowest BCUT2D eigenvalue weighted by molar-refractivity contribution is -0.136. The highest BCUT2D eigenvalue weighted by Gasteiger charge is 1.98. The minimum absolute atomic E-state index is 0.188. The van der Waals surface area contributed by atoms with Crippen LogP contribution in [0.3, 0.4) is 0 Å². The van der Waals surface area contributed by atoms with E-state index in [9.17, 15) is 4.79 Å². The molecule has 0 aliphatic rings. The maximum atomic E-state index is 10.2. The standard InChI is InChI=1S/C12H17NO2/c1-10-4-2-3-5-11(10)6-8-13-9-7-12(14)15/h2-5,13H,6-9H2,1H3,(H,14,15). The number of carboxylic acids is 1. The highest BCUT2D eigenvalue weighted by molar-refractivity contribution is 5.66. The van der Waals surface area contributed by atoms with Crippen molar-refractivity contribution in [1.82, 2.24) is 5.32 Å². The van der Waals surface area contributed by atoms with Crippen molar-refractivity contribution in [3.8, 4) is 0 Å². The number of aryl methyl sites for hydroxylation is 1. The van der Waals surface area contributed by atoms with Gasteiger partial charge in [0.25, 0.3) is 0 Å². The van der Waals surface area contributed by atoms with Crippen LogP contribution in [-0.2, 0) is 11.2 Å². The number of carbonyl (C=O) groups is 1. The predicted molar refractivity (Wildman–Crippen MR) is 60.0 cm³/mol. The minimum Gasteiger partial charge on any atom is -0.481 e. The molecule has 0 aliphatic heterocycles. The molecule has 1 aromatic carbocycles. The topological polar surface area (TPSA) is 49.3 Å². The van der Waals surface area contributed by atoms with E-state index in [1.54, 1.807) is 0 Å². The molecular formula is C12H17NO2. The normalized spacial score (nSPS) is 10.2. The van der Waals surface area contributed by atoms with Gasteiger partial charge in [0.1, 0.15) is 0 Å². The number of hydrogen-bond acceptors (Lipinski definition) is 2. The van der Waals surface area contributed by atoms with Gasteiger partial charge in [-0.2, -0.15) is 0 Å². The highest BCUT2D eigenvalue weighted by atomic mass is 16.4. The molecule has 82 valence electrons. The van der Waals surface area contributed by atoms with Gasteiger partial charge in [0, 0.05) is 6.54 Å². The van der Waals surface area contributed by atoms with Crippen molar-refractivity contribution in [2.75, 3.05) is 13.1 Å². The quantitative estimate of drug-likeness (QED) is 0.697. The number of nitrogens with one attached hydrogen (secondary N) is 1. The van der Waals surface area contributed by atoms with Gasteiger partial charge in [-0.3, -0.25) is 4.79 Å². The van der Waals surface area contributed by atoms with Crippen molar-refractivity contribution in [3.63, 3.8) is 0 Å². The van der Waals surface area contributed by atoms with E-state index in [2.05, 4.69) is 24.4 Å². The Hall–Kier alpha value is -1.35. The molecule has 3 nitrogen and oxygen atoms in total. The largest absolute Gasteiger partial charge is 0.481 e.